The first-order valence-corrected chi connectivity index (χ1v) is 22.1. The summed E-state index contributed by atoms with van der Waals surface area (Å²) in [5.41, 5.74) is -0.811. The number of cyclic esters (lactones) is 1. The molecular formula is C47H75N3O10. The Morgan fingerprint density at radius 3 is 2.33 bits per heavy atom. The largest absolute Gasteiger partial charge is 0.459 e. The van der Waals surface area contributed by atoms with Crippen molar-refractivity contribution in [1.82, 2.24) is 4.90 Å². The number of aliphatic hydroxyl groups is 2. The van der Waals surface area contributed by atoms with Crippen LogP contribution in [0.15, 0.2) is 40.5 Å². The number of aliphatic imine (C=N–C) groups is 1. The highest BCUT2D eigenvalue weighted by molar-refractivity contribution is 6.00. The van der Waals surface area contributed by atoms with Crippen molar-refractivity contribution < 1.29 is 48.4 Å². The average Bonchev–Trinajstić information content (AvgIpc) is 3.19. The van der Waals surface area contributed by atoms with Gasteiger partial charge in [-0.2, -0.15) is 0 Å². The predicted octanol–water partition coefficient (Wildman–Crippen LogP) is 6.94. The normalized spacial score (nSPS) is 37.9. The van der Waals surface area contributed by atoms with Crippen molar-refractivity contribution in [2.45, 2.75) is 176 Å². The smallest absolute Gasteiger partial charge is 0.316 e. The van der Waals surface area contributed by atoms with Crippen LogP contribution in [0, 0.1) is 35.0 Å². The molecule has 3 aliphatic heterocycles. The van der Waals surface area contributed by atoms with Gasteiger partial charge in [-0.05, 0) is 103 Å². The number of hydrogen-bond acceptors (Lipinski definition) is 12. The summed E-state index contributed by atoms with van der Waals surface area (Å²) in [5.74, 6) is -5.30. The molecule has 4 rings (SSSR count). The van der Waals surface area contributed by atoms with E-state index in [9.17, 15) is 24.6 Å². The Kier molecular flexibility index (Phi) is 17.2. The lowest BCUT2D eigenvalue weighted by Crippen LogP contribution is -2.60. The highest BCUT2D eigenvalue weighted by atomic mass is 16.7. The Balaban J connectivity index is 1.91. The molecule has 3 aliphatic rings. The van der Waals surface area contributed by atoms with E-state index in [1.54, 1.807) is 13.8 Å². The van der Waals surface area contributed by atoms with Crippen molar-refractivity contribution in [2.24, 2.45) is 45.2 Å². The number of nitrogens with zero attached hydrogens (tertiary/aromatic N) is 3. The van der Waals surface area contributed by atoms with Gasteiger partial charge in [0, 0.05) is 30.5 Å². The molecule has 1 aromatic rings. The monoisotopic (exact) mass is 842 g/mol. The second kappa shape index (κ2) is 20.9. The molecule has 2 bridgehead atoms. The second-order valence-corrected chi connectivity index (χ2v) is 19.5. The van der Waals surface area contributed by atoms with Gasteiger partial charge in [-0.3, -0.25) is 14.4 Å². The number of Topliss-reactive ketones (excluding diaryl/α,β-unsaturated/α-hetero) is 1. The highest BCUT2D eigenvalue weighted by Crippen LogP contribution is 2.42. The Bertz CT molecular complexity index is 1660. The van der Waals surface area contributed by atoms with E-state index in [2.05, 4.69) is 35.8 Å². The lowest BCUT2D eigenvalue weighted by atomic mass is 9.68. The first kappa shape index (κ1) is 49.6. The molecule has 338 valence electrons. The molecule has 3 fully saturated rings. The fourth-order valence-corrected chi connectivity index (χ4v) is 9.50. The van der Waals surface area contributed by atoms with Crippen molar-refractivity contribution in [1.29, 1.82) is 0 Å². The first-order chi connectivity index (χ1) is 28.0. The standard InChI is InChI=1S/C47H75N3O10/c1-14-38-47(12,55)36-21-20-35(49-57-26-34-18-16-15-17-19-34)27-56-46(11,25-28(2)39(30(36)4)48-33(7)51)42(31(5)40(52)32(6)43(54)59-38)60-44-41(53)37(24-29(3)58-44)50(13)23-22-45(8,9)10/h15-19,28-32,36-38,41-42,44,53,55H,14,20-27H2,1-13H3/b48-39+,49-35+/t28-,29-,30-,31+,32-,36-,37+,38-,41-,42-,44+,46-,47+/m1/s1. The zero-order valence-electron chi connectivity index (χ0n) is 38.6. The molecule has 0 aliphatic carbocycles. The fraction of sp³-hybridized carbons (Fsp3) is 0.766. The number of fused-ring (bicyclic) bond motifs is 5. The van der Waals surface area contributed by atoms with Gasteiger partial charge in [-0.25, -0.2) is 4.99 Å². The second-order valence-electron chi connectivity index (χ2n) is 19.5. The van der Waals surface area contributed by atoms with Gasteiger partial charge in [0.25, 0.3) is 0 Å². The number of oxime groups is 1. The predicted molar refractivity (Wildman–Crippen MR) is 231 cm³/mol. The van der Waals surface area contributed by atoms with Gasteiger partial charge in [0.2, 0.25) is 5.91 Å². The molecule has 3 saturated heterocycles. The van der Waals surface area contributed by atoms with Gasteiger partial charge in [-0.1, -0.05) is 84.0 Å². The number of benzene rings is 1. The van der Waals surface area contributed by atoms with Crippen molar-refractivity contribution >= 4 is 29.1 Å². The SMILES string of the molecule is CC[C@H]1OC(=O)[C@H](C)C(=O)[C@H](C)[C@@H](O[C@@H]2O[C@H](C)C[C@H](N(C)CCC(C)(C)C)[C@H]2O)[C@@]2(C)C[C@@H](C)/C(=N\C(C)=O)[C@H](C)[C@@H](CC/C(=N\OCc3ccccc3)CO2)[C@]1(C)O. The molecule has 2 N–H and O–H groups in total. The van der Waals surface area contributed by atoms with Crippen LogP contribution in [0.25, 0.3) is 0 Å². The zero-order chi connectivity index (χ0) is 44.7. The van der Waals surface area contributed by atoms with E-state index in [1.165, 1.54) is 13.8 Å². The number of aliphatic hydroxyl groups excluding tert-OH is 1. The van der Waals surface area contributed by atoms with Crippen molar-refractivity contribution in [3.63, 3.8) is 0 Å². The molecule has 0 aromatic heterocycles. The van der Waals surface area contributed by atoms with Crippen molar-refractivity contribution in [3.05, 3.63) is 35.9 Å². The summed E-state index contributed by atoms with van der Waals surface area (Å²) in [6, 6.07) is 9.37. The molecule has 13 atom stereocenters. The number of amides is 1. The van der Waals surface area contributed by atoms with Crippen LogP contribution in [-0.2, 0) is 44.8 Å². The summed E-state index contributed by atoms with van der Waals surface area (Å²) in [6.45, 7) is 23.3. The van der Waals surface area contributed by atoms with E-state index in [4.69, 9.17) is 23.8 Å². The molecule has 0 saturated carbocycles. The Morgan fingerprint density at radius 1 is 1.05 bits per heavy atom. The molecule has 60 heavy (non-hydrogen) atoms. The minimum atomic E-state index is -1.61. The van der Waals surface area contributed by atoms with Crippen LogP contribution < -0.4 is 0 Å². The molecule has 0 spiro atoms. The van der Waals surface area contributed by atoms with Crippen LogP contribution >= 0.6 is 0 Å². The van der Waals surface area contributed by atoms with Gasteiger partial charge in [0.15, 0.2) is 12.1 Å². The van der Waals surface area contributed by atoms with E-state index >= 15 is 0 Å². The van der Waals surface area contributed by atoms with Crippen LogP contribution in [0.5, 0.6) is 0 Å². The average molecular weight is 842 g/mol. The molecule has 1 aromatic carbocycles. The van der Waals surface area contributed by atoms with Crippen LogP contribution in [0.3, 0.4) is 0 Å². The van der Waals surface area contributed by atoms with E-state index < -0.39 is 83.1 Å². The highest BCUT2D eigenvalue weighted by Gasteiger charge is 2.52. The zero-order valence-corrected chi connectivity index (χ0v) is 38.6. The van der Waals surface area contributed by atoms with E-state index in [-0.39, 0.29) is 43.6 Å². The summed E-state index contributed by atoms with van der Waals surface area (Å²) in [6.07, 6.45) is -1.96. The van der Waals surface area contributed by atoms with E-state index in [0.717, 1.165) is 18.5 Å². The summed E-state index contributed by atoms with van der Waals surface area (Å²) in [4.78, 5) is 54.2. The maximum atomic E-state index is 14.6. The third-order valence-corrected chi connectivity index (χ3v) is 13.1. The molecule has 0 radical (unpaired) electrons. The summed E-state index contributed by atoms with van der Waals surface area (Å²) in [5, 5.41) is 29.2. The number of likely N-dealkylation sites (N-methyl/N-ethyl adjacent to an activating group) is 1. The number of rotatable bonds is 9. The Hall–Kier alpha value is -3.07. The lowest BCUT2D eigenvalue weighted by molar-refractivity contribution is -0.297. The maximum Gasteiger partial charge on any atom is 0.316 e. The van der Waals surface area contributed by atoms with E-state index in [1.807, 2.05) is 72.0 Å². The molecule has 0 unspecified atom stereocenters. The van der Waals surface area contributed by atoms with Crippen LogP contribution in [0.1, 0.15) is 127 Å². The third-order valence-electron chi connectivity index (χ3n) is 13.1. The number of ketones is 1. The number of carbonyl (C=O) groups excluding carboxylic acids is 3. The molecule has 13 heteroatoms. The molecule has 13 nitrogen and oxygen atoms in total. The quantitative estimate of drug-likeness (QED) is 0.150. The molecular weight excluding hydrogens is 767 g/mol. The fourth-order valence-electron chi connectivity index (χ4n) is 9.50. The van der Waals surface area contributed by atoms with E-state index in [0.29, 0.717) is 30.7 Å². The van der Waals surface area contributed by atoms with Gasteiger partial charge in [-0.15, -0.1) is 0 Å². The lowest BCUT2D eigenvalue weighted by Gasteiger charge is -2.48. The van der Waals surface area contributed by atoms with Gasteiger partial charge in [0.1, 0.15) is 30.3 Å². The van der Waals surface area contributed by atoms with Crippen molar-refractivity contribution in [2.75, 3.05) is 20.2 Å². The summed E-state index contributed by atoms with van der Waals surface area (Å²) < 4.78 is 26.4. The Labute approximate surface area is 359 Å². The van der Waals surface area contributed by atoms with Crippen molar-refractivity contribution in [3.8, 4) is 0 Å². The van der Waals surface area contributed by atoms with Gasteiger partial charge < -0.3 is 38.9 Å². The Morgan fingerprint density at radius 2 is 1.72 bits per heavy atom. The number of hydrogen-bond donors (Lipinski definition) is 2. The number of esters is 1. The number of carbonyl (C=O) groups is 3. The van der Waals surface area contributed by atoms with Gasteiger partial charge >= 0.3 is 5.97 Å². The molecule has 1 amide bonds. The minimum absolute atomic E-state index is 0.0218. The third kappa shape index (κ3) is 12.5. The maximum absolute atomic E-state index is 14.6. The van der Waals surface area contributed by atoms with Crippen LogP contribution in [-0.4, -0.2) is 112 Å². The first-order valence-electron chi connectivity index (χ1n) is 22.1. The van der Waals surface area contributed by atoms with Gasteiger partial charge in [0.05, 0.1) is 30.1 Å². The topological polar surface area (TPSA) is 166 Å². The van der Waals surface area contributed by atoms with Crippen LogP contribution in [0.4, 0.5) is 0 Å². The number of ether oxygens (including phenoxy) is 4. The van der Waals surface area contributed by atoms with Crippen LogP contribution in [0.2, 0.25) is 0 Å². The summed E-state index contributed by atoms with van der Waals surface area (Å²) >= 11 is 0. The summed E-state index contributed by atoms with van der Waals surface area (Å²) in [7, 11) is 2.00. The molecule has 3 heterocycles. The minimum Gasteiger partial charge on any atom is -0.459 e.